The van der Waals surface area contributed by atoms with Gasteiger partial charge in [-0.2, -0.15) is 0 Å². The first kappa shape index (κ1) is 12.7. The lowest BCUT2D eigenvalue weighted by atomic mass is 9.96. The lowest BCUT2D eigenvalue weighted by Crippen LogP contribution is -2.15. The van der Waals surface area contributed by atoms with Crippen LogP contribution in [-0.4, -0.2) is 4.98 Å². The summed E-state index contributed by atoms with van der Waals surface area (Å²) in [5.41, 5.74) is 9.37. The van der Waals surface area contributed by atoms with Crippen LogP contribution in [0.2, 0.25) is 0 Å². The van der Waals surface area contributed by atoms with E-state index in [1.165, 1.54) is 12.1 Å². The number of hydrogen-bond acceptors (Lipinski definition) is 2. The van der Waals surface area contributed by atoms with Gasteiger partial charge in [-0.25, -0.2) is 4.39 Å². The quantitative estimate of drug-likeness (QED) is 0.897. The first-order valence-corrected chi connectivity index (χ1v) is 6.13. The van der Waals surface area contributed by atoms with Crippen LogP contribution in [0.4, 0.5) is 4.39 Å². The van der Waals surface area contributed by atoms with Crippen molar-refractivity contribution < 1.29 is 4.39 Å². The van der Waals surface area contributed by atoms with E-state index in [-0.39, 0.29) is 11.9 Å². The minimum Gasteiger partial charge on any atom is -0.324 e. The Hall–Kier alpha value is -1.74. The maximum absolute atomic E-state index is 13.1. The van der Waals surface area contributed by atoms with Crippen molar-refractivity contribution in [2.24, 2.45) is 5.73 Å². The summed E-state index contributed by atoms with van der Waals surface area (Å²) in [5.74, 6) is -0.217. The number of pyridine rings is 1. The highest BCUT2D eigenvalue weighted by Crippen LogP contribution is 2.20. The predicted molar refractivity (Wildman–Crippen MR) is 70.6 cm³/mol. The van der Waals surface area contributed by atoms with Gasteiger partial charge in [0.15, 0.2) is 0 Å². The molecule has 0 amide bonds. The van der Waals surface area contributed by atoms with Crippen molar-refractivity contribution in [2.75, 3.05) is 0 Å². The molecule has 0 fully saturated rings. The van der Waals surface area contributed by atoms with Gasteiger partial charge >= 0.3 is 0 Å². The van der Waals surface area contributed by atoms with E-state index in [0.717, 1.165) is 23.1 Å². The second-order valence-electron chi connectivity index (χ2n) is 4.37. The van der Waals surface area contributed by atoms with Crippen molar-refractivity contribution in [2.45, 2.75) is 25.8 Å². The van der Waals surface area contributed by atoms with Crippen LogP contribution in [0.1, 0.15) is 29.7 Å². The van der Waals surface area contributed by atoms with E-state index in [2.05, 4.69) is 11.9 Å². The molecule has 94 valence electrons. The minimum absolute atomic E-state index is 0.121. The van der Waals surface area contributed by atoms with Gasteiger partial charge in [-0.15, -0.1) is 0 Å². The molecule has 0 spiro atoms. The number of aromatic nitrogens is 1. The summed E-state index contributed by atoms with van der Waals surface area (Å²) in [7, 11) is 0. The van der Waals surface area contributed by atoms with Gasteiger partial charge in [-0.1, -0.05) is 19.1 Å². The lowest BCUT2D eigenvalue weighted by Gasteiger charge is -2.15. The second-order valence-corrected chi connectivity index (χ2v) is 4.37. The van der Waals surface area contributed by atoms with E-state index >= 15 is 0 Å². The molecule has 2 nitrogen and oxygen atoms in total. The molecule has 0 aliphatic rings. The summed E-state index contributed by atoms with van der Waals surface area (Å²) < 4.78 is 13.1. The molecule has 0 aliphatic carbocycles. The first-order chi connectivity index (χ1) is 8.70. The Bertz CT molecular complexity index is 525. The van der Waals surface area contributed by atoms with Crippen molar-refractivity contribution >= 4 is 0 Å². The van der Waals surface area contributed by atoms with Crippen LogP contribution in [0.15, 0.2) is 42.7 Å². The average Bonchev–Trinajstić information content (AvgIpc) is 2.38. The van der Waals surface area contributed by atoms with Crippen LogP contribution in [0.3, 0.4) is 0 Å². The van der Waals surface area contributed by atoms with Crippen LogP contribution >= 0.6 is 0 Å². The standard InChI is InChI=1S/C15H17FN2/c1-2-12-10-18-7-6-14(12)15(17)9-11-4-3-5-13(16)8-11/h3-8,10,15H,2,9,17H2,1H3. The molecule has 1 aromatic heterocycles. The number of rotatable bonds is 4. The van der Waals surface area contributed by atoms with Gasteiger partial charge in [-0.05, 0) is 47.7 Å². The Kier molecular flexibility index (Phi) is 4.05. The average molecular weight is 244 g/mol. The van der Waals surface area contributed by atoms with E-state index in [0.29, 0.717) is 6.42 Å². The lowest BCUT2D eigenvalue weighted by molar-refractivity contribution is 0.621. The van der Waals surface area contributed by atoms with Gasteiger partial charge in [0.2, 0.25) is 0 Å². The summed E-state index contributed by atoms with van der Waals surface area (Å²) in [6.45, 7) is 2.08. The summed E-state index contributed by atoms with van der Waals surface area (Å²) in [4.78, 5) is 4.10. The maximum Gasteiger partial charge on any atom is 0.123 e. The monoisotopic (exact) mass is 244 g/mol. The Balaban J connectivity index is 2.19. The summed E-state index contributed by atoms with van der Waals surface area (Å²) >= 11 is 0. The maximum atomic E-state index is 13.1. The molecule has 1 aromatic carbocycles. The van der Waals surface area contributed by atoms with E-state index < -0.39 is 0 Å². The molecule has 1 unspecified atom stereocenters. The zero-order chi connectivity index (χ0) is 13.0. The number of aryl methyl sites for hydroxylation is 1. The Morgan fingerprint density at radius 3 is 2.89 bits per heavy atom. The predicted octanol–water partition coefficient (Wildman–Crippen LogP) is 3.03. The molecule has 18 heavy (non-hydrogen) atoms. The molecular formula is C15H17FN2. The SMILES string of the molecule is CCc1cnccc1C(N)Cc1cccc(F)c1. The third-order valence-corrected chi connectivity index (χ3v) is 3.07. The normalized spacial score (nSPS) is 12.4. The fourth-order valence-electron chi connectivity index (χ4n) is 2.12. The third-order valence-electron chi connectivity index (χ3n) is 3.07. The molecule has 2 aromatic rings. The fraction of sp³-hybridized carbons (Fsp3) is 0.267. The summed E-state index contributed by atoms with van der Waals surface area (Å²) in [5, 5.41) is 0. The van der Waals surface area contributed by atoms with Crippen molar-refractivity contribution in [3.05, 3.63) is 65.2 Å². The van der Waals surface area contributed by atoms with Gasteiger partial charge in [0.25, 0.3) is 0 Å². The Morgan fingerprint density at radius 2 is 2.17 bits per heavy atom. The highest BCUT2D eigenvalue weighted by Gasteiger charge is 2.11. The second kappa shape index (κ2) is 5.74. The fourth-order valence-corrected chi connectivity index (χ4v) is 2.12. The topological polar surface area (TPSA) is 38.9 Å². The zero-order valence-electron chi connectivity index (χ0n) is 10.4. The third kappa shape index (κ3) is 2.93. The van der Waals surface area contributed by atoms with Crippen LogP contribution < -0.4 is 5.73 Å². The molecule has 0 saturated carbocycles. The number of halogens is 1. The first-order valence-electron chi connectivity index (χ1n) is 6.13. The van der Waals surface area contributed by atoms with Crippen molar-refractivity contribution in [1.82, 2.24) is 4.98 Å². The molecule has 0 radical (unpaired) electrons. The largest absolute Gasteiger partial charge is 0.324 e. The van der Waals surface area contributed by atoms with Crippen LogP contribution in [0.25, 0.3) is 0 Å². The van der Waals surface area contributed by atoms with Crippen molar-refractivity contribution in [1.29, 1.82) is 0 Å². The van der Waals surface area contributed by atoms with Gasteiger partial charge in [-0.3, -0.25) is 4.98 Å². The molecule has 1 atom stereocenters. The van der Waals surface area contributed by atoms with Gasteiger partial charge in [0, 0.05) is 18.4 Å². The molecular weight excluding hydrogens is 227 g/mol. The van der Waals surface area contributed by atoms with Gasteiger partial charge in [0.05, 0.1) is 0 Å². The minimum atomic E-state index is -0.217. The molecule has 0 bridgehead atoms. The molecule has 2 rings (SSSR count). The molecule has 0 saturated heterocycles. The molecule has 3 heteroatoms. The summed E-state index contributed by atoms with van der Waals surface area (Å²) in [6, 6.07) is 8.42. The van der Waals surface area contributed by atoms with Crippen LogP contribution in [0, 0.1) is 5.82 Å². The Labute approximate surface area is 107 Å². The molecule has 2 N–H and O–H groups in total. The number of nitrogens with zero attached hydrogens (tertiary/aromatic N) is 1. The van der Waals surface area contributed by atoms with E-state index in [1.54, 1.807) is 12.3 Å². The smallest absolute Gasteiger partial charge is 0.123 e. The molecule has 0 aliphatic heterocycles. The zero-order valence-corrected chi connectivity index (χ0v) is 10.4. The number of hydrogen-bond donors (Lipinski definition) is 1. The summed E-state index contributed by atoms with van der Waals surface area (Å²) in [6.07, 6.45) is 5.13. The molecule has 1 heterocycles. The van der Waals surface area contributed by atoms with E-state index in [4.69, 9.17) is 5.73 Å². The van der Waals surface area contributed by atoms with Gasteiger partial charge < -0.3 is 5.73 Å². The van der Waals surface area contributed by atoms with Crippen molar-refractivity contribution in [3.63, 3.8) is 0 Å². The van der Waals surface area contributed by atoms with Crippen LogP contribution in [0.5, 0.6) is 0 Å². The van der Waals surface area contributed by atoms with Crippen LogP contribution in [-0.2, 0) is 12.8 Å². The highest BCUT2D eigenvalue weighted by atomic mass is 19.1. The van der Waals surface area contributed by atoms with E-state index in [1.807, 2.05) is 18.3 Å². The van der Waals surface area contributed by atoms with Gasteiger partial charge in [0.1, 0.15) is 5.82 Å². The number of benzene rings is 1. The number of nitrogens with two attached hydrogens (primary N) is 1. The van der Waals surface area contributed by atoms with E-state index in [9.17, 15) is 4.39 Å². The Morgan fingerprint density at radius 1 is 1.33 bits per heavy atom. The van der Waals surface area contributed by atoms with Crippen molar-refractivity contribution in [3.8, 4) is 0 Å². The highest BCUT2D eigenvalue weighted by molar-refractivity contribution is 5.29.